The van der Waals surface area contributed by atoms with Crippen LogP contribution in [0.25, 0.3) is 11.0 Å². The number of nitrogens with one attached hydrogen (secondary N) is 3. The number of rotatable bonds is 7. The van der Waals surface area contributed by atoms with E-state index in [0.717, 1.165) is 21.8 Å². The van der Waals surface area contributed by atoms with Gasteiger partial charge in [0.2, 0.25) is 12.2 Å². The predicted molar refractivity (Wildman–Crippen MR) is 147 cm³/mol. The van der Waals surface area contributed by atoms with Crippen LogP contribution >= 0.6 is 0 Å². The number of hydrogen-bond acceptors (Lipinski definition) is 10. The Hall–Kier alpha value is -5.37. The van der Waals surface area contributed by atoms with Crippen LogP contribution in [0.3, 0.4) is 0 Å². The van der Waals surface area contributed by atoms with Gasteiger partial charge in [0.15, 0.2) is 0 Å². The highest BCUT2D eigenvalue weighted by atomic mass is 16.6. The summed E-state index contributed by atoms with van der Waals surface area (Å²) in [5.74, 6) is -1.59. The molecule has 4 N–H and O–H groups in total. The van der Waals surface area contributed by atoms with Crippen molar-refractivity contribution in [1.29, 1.82) is 0 Å². The van der Waals surface area contributed by atoms with Crippen molar-refractivity contribution in [2.24, 2.45) is 7.05 Å². The summed E-state index contributed by atoms with van der Waals surface area (Å²) in [5.41, 5.74) is 0.420. The first kappa shape index (κ1) is 27.2. The van der Waals surface area contributed by atoms with Crippen molar-refractivity contribution in [3.05, 3.63) is 87.3 Å². The fourth-order valence-corrected chi connectivity index (χ4v) is 4.27. The molecule has 14 nitrogen and oxygen atoms in total. The topological polar surface area (TPSA) is 187 Å². The lowest BCUT2D eigenvalue weighted by Crippen LogP contribution is -2.49. The molecule has 3 heterocycles. The molecule has 0 aliphatic carbocycles. The number of aliphatic hydroxyl groups excluding tert-OH is 1. The van der Waals surface area contributed by atoms with Crippen LogP contribution < -0.4 is 27.2 Å². The Morgan fingerprint density at radius 1 is 1.07 bits per heavy atom. The van der Waals surface area contributed by atoms with Crippen molar-refractivity contribution < 1.29 is 24.2 Å². The molecular weight excluding hydrogens is 534 g/mol. The number of carbonyl (C=O) groups excluding carboxylic acids is 3. The maximum Gasteiger partial charge on any atom is 0.331 e. The van der Waals surface area contributed by atoms with E-state index in [1.165, 1.54) is 14.0 Å². The molecule has 0 saturated carbocycles. The van der Waals surface area contributed by atoms with Gasteiger partial charge in [-0.3, -0.25) is 24.2 Å². The monoisotopic (exact) mass is 559 g/mol. The Labute approximate surface area is 231 Å². The van der Waals surface area contributed by atoms with Crippen molar-refractivity contribution >= 4 is 46.0 Å². The lowest BCUT2D eigenvalue weighted by Gasteiger charge is -2.20. The van der Waals surface area contributed by atoms with Crippen LogP contribution in [0.2, 0.25) is 0 Å². The molecule has 1 saturated heterocycles. The van der Waals surface area contributed by atoms with Gasteiger partial charge < -0.3 is 30.4 Å². The quantitative estimate of drug-likeness (QED) is 0.236. The number of amides is 2. The Bertz CT molecular complexity index is 1780. The van der Waals surface area contributed by atoms with Crippen LogP contribution in [-0.2, 0) is 21.4 Å². The third kappa shape index (κ3) is 5.67. The van der Waals surface area contributed by atoms with Crippen LogP contribution in [0.4, 0.5) is 17.2 Å². The van der Waals surface area contributed by atoms with Crippen molar-refractivity contribution in [3.63, 3.8) is 0 Å². The summed E-state index contributed by atoms with van der Waals surface area (Å²) in [7, 11) is 1.36. The van der Waals surface area contributed by atoms with E-state index in [2.05, 4.69) is 30.7 Å². The van der Waals surface area contributed by atoms with Crippen LogP contribution in [-0.4, -0.2) is 54.3 Å². The molecule has 1 fully saturated rings. The van der Waals surface area contributed by atoms with Gasteiger partial charge in [0.05, 0.1) is 23.7 Å². The number of carbonyl (C=O) groups is 3. The summed E-state index contributed by atoms with van der Waals surface area (Å²) in [5, 5.41) is 17.8. The number of hydrogen-bond donors (Lipinski definition) is 4. The highest BCUT2D eigenvalue weighted by Gasteiger charge is 2.36. The van der Waals surface area contributed by atoms with E-state index in [-0.39, 0.29) is 17.7 Å². The predicted octanol–water partition coefficient (Wildman–Crippen LogP) is 0.797. The van der Waals surface area contributed by atoms with Gasteiger partial charge in [-0.2, -0.15) is 0 Å². The lowest BCUT2D eigenvalue weighted by molar-refractivity contribution is -0.155. The van der Waals surface area contributed by atoms with Gasteiger partial charge in [-0.05, 0) is 43.3 Å². The molecule has 0 bridgehead atoms. The average Bonchev–Trinajstić information content (AvgIpc) is 3.27. The van der Waals surface area contributed by atoms with Gasteiger partial charge in [0.25, 0.3) is 11.5 Å². The standard InChI is InChI=1S/C27H25N7O7/c1-14(23(36)31-19-11-22(35)41-26(19)39)34-25(38)20(13-33(2)27(34)40)32-24(37)15-7-9-16(10-8-15)29-21-12-28-17-5-3-4-6-18(17)30-21/h3-10,12-14,19,26,39H,11H2,1-2H3,(H,29,30)(H,31,36)(H,32,37). The molecule has 4 aromatic rings. The molecule has 210 valence electrons. The molecule has 1 aliphatic rings. The van der Waals surface area contributed by atoms with E-state index in [4.69, 9.17) is 0 Å². The molecule has 0 spiro atoms. The van der Waals surface area contributed by atoms with Gasteiger partial charge in [-0.1, -0.05) is 12.1 Å². The highest BCUT2D eigenvalue weighted by molar-refractivity contribution is 6.04. The molecule has 14 heteroatoms. The number of aryl methyl sites for hydroxylation is 1. The summed E-state index contributed by atoms with van der Waals surface area (Å²) in [6.07, 6.45) is 0.960. The third-order valence-corrected chi connectivity index (χ3v) is 6.47. The average molecular weight is 560 g/mol. The smallest absolute Gasteiger partial charge is 0.331 e. The third-order valence-electron chi connectivity index (χ3n) is 6.47. The molecule has 2 amide bonds. The molecule has 1 aliphatic heterocycles. The highest BCUT2D eigenvalue weighted by Crippen LogP contribution is 2.18. The number of cyclic esters (lactones) is 1. The summed E-state index contributed by atoms with van der Waals surface area (Å²) in [6.45, 7) is 1.30. The van der Waals surface area contributed by atoms with E-state index in [1.807, 2.05) is 24.3 Å². The number of ether oxygens (including phenoxy) is 1. The van der Waals surface area contributed by atoms with Crippen LogP contribution in [0.15, 0.2) is 70.5 Å². The Morgan fingerprint density at radius 2 is 1.78 bits per heavy atom. The zero-order chi connectivity index (χ0) is 29.3. The maximum absolute atomic E-state index is 13.2. The summed E-state index contributed by atoms with van der Waals surface area (Å²) in [4.78, 5) is 71.8. The number of esters is 1. The molecule has 5 rings (SSSR count). The van der Waals surface area contributed by atoms with Gasteiger partial charge in [0.1, 0.15) is 23.6 Å². The lowest BCUT2D eigenvalue weighted by atomic mass is 10.2. The zero-order valence-electron chi connectivity index (χ0n) is 21.9. The van der Waals surface area contributed by atoms with Gasteiger partial charge in [-0.25, -0.2) is 14.3 Å². The van der Waals surface area contributed by atoms with Crippen molar-refractivity contribution in [3.8, 4) is 0 Å². The summed E-state index contributed by atoms with van der Waals surface area (Å²) >= 11 is 0. The van der Waals surface area contributed by atoms with E-state index in [0.29, 0.717) is 16.1 Å². The Morgan fingerprint density at radius 3 is 2.46 bits per heavy atom. The number of anilines is 3. The Balaban J connectivity index is 1.30. The van der Waals surface area contributed by atoms with E-state index < -0.39 is 47.4 Å². The summed E-state index contributed by atoms with van der Waals surface area (Å²) in [6, 6.07) is 11.5. The largest absolute Gasteiger partial charge is 0.434 e. The number of para-hydroxylation sites is 2. The number of benzene rings is 2. The minimum absolute atomic E-state index is 0.227. The SMILES string of the molecule is CC(C(=O)NC1CC(=O)OC1O)n1c(=O)c(NC(=O)c2ccc(Nc3cnc4ccccc4n3)cc2)cn(C)c1=O. The second-order valence-corrected chi connectivity index (χ2v) is 9.39. The van der Waals surface area contributed by atoms with E-state index in [9.17, 15) is 29.1 Å². The first-order valence-electron chi connectivity index (χ1n) is 12.5. The minimum atomic E-state index is -1.54. The van der Waals surface area contributed by atoms with E-state index in [1.54, 1.807) is 30.5 Å². The molecule has 3 atom stereocenters. The molecule has 41 heavy (non-hydrogen) atoms. The number of aromatic nitrogens is 4. The normalized spacial score (nSPS) is 17.1. The van der Waals surface area contributed by atoms with Gasteiger partial charge >= 0.3 is 11.7 Å². The van der Waals surface area contributed by atoms with E-state index >= 15 is 0 Å². The van der Waals surface area contributed by atoms with Crippen molar-refractivity contribution in [1.82, 2.24) is 24.4 Å². The fourth-order valence-electron chi connectivity index (χ4n) is 4.27. The van der Waals surface area contributed by atoms with Crippen LogP contribution in [0.5, 0.6) is 0 Å². The summed E-state index contributed by atoms with van der Waals surface area (Å²) < 4.78 is 6.32. The van der Waals surface area contributed by atoms with Crippen LogP contribution in [0, 0.1) is 0 Å². The minimum Gasteiger partial charge on any atom is -0.434 e. The molecule has 3 unspecified atom stereocenters. The van der Waals surface area contributed by atoms with Gasteiger partial charge in [-0.15, -0.1) is 0 Å². The van der Waals surface area contributed by atoms with Crippen molar-refractivity contribution in [2.75, 3.05) is 10.6 Å². The first-order valence-corrected chi connectivity index (χ1v) is 12.5. The van der Waals surface area contributed by atoms with Crippen molar-refractivity contribution in [2.45, 2.75) is 31.7 Å². The molecule has 2 aromatic carbocycles. The Kier molecular flexibility index (Phi) is 7.31. The second-order valence-electron chi connectivity index (χ2n) is 9.39. The molecule has 2 aromatic heterocycles. The molecular formula is C27H25N7O7. The number of aliphatic hydroxyl groups is 1. The first-order chi connectivity index (χ1) is 19.6. The molecule has 0 radical (unpaired) electrons. The number of nitrogens with zero attached hydrogens (tertiary/aromatic N) is 4. The van der Waals surface area contributed by atoms with Crippen LogP contribution in [0.1, 0.15) is 29.7 Å². The maximum atomic E-state index is 13.2. The zero-order valence-corrected chi connectivity index (χ0v) is 21.9. The number of fused-ring (bicyclic) bond motifs is 1. The second kappa shape index (κ2) is 11.0. The fraction of sp³-hybridized carbons (Fsp3) is 0.222. The van der Waals surface area contributed by atoms with Gasteiger partial charge in [0, 0.05) is 24.5 Å².